The molecule has 3 rings (SSSR count). The van der Waals surface area contributed by atoms with Crippen LogP contribution < -0.4 is 5.32 Å². The molecule has 0 radical (unpaired) electrons. The minimum absolute atomic E-state index is 0.0556. The van der Waals surface area contributed by atoms with Gasteiger partial charge >= 0.3 is 14.4 Å². The molecule has 2 aromatic rings. The molecule has 0 bridgehead atoms. The highest BCUT2D eigenvalue weighted by Crippen LogP contribution is 2.43. The molecule has 0 aliphatic heterocycles. The molecule has 4 nitrogen and oxygen atoms in total. The average Bonchev–Trinajstić information content (AvgIpc) is 2.86. The number of rotatable bonds is 14. The van der Waals surface area contributed by atoms with Crippen LogP contribution in [0.25, 0.3) is 0 Å². The summed E-state index contributed by atoms with van der Waals surface area (Å²) in [4.78, 5) is 8.62. The van der Waals surface area contributed by atoms with Gasteiger partial charge in [0, 0.05) is 6.54 Å². The summed E-state index contributed by atoms with van der Waals surface area (Å²) in [5.41, 5.74) is 1.54. The molecule has 1 unspecified atom stereocenters. The van der Waals surface area contributed by atoms with E-state index in [2.05, 4.69) is 9.84 Å². The number of aryl methyl sites for hydroxylation is 1. The number of nitrogens with one attached hydrogen (secondary N) is 1. The van der Waals surface area contributed by atoms with Crippen molar-refractivity contribution in [2.45, 2.75) is 88.8 Å². The third kappa shape index (κ3) is 9.51. The molecule has 0 aromatic heterocycles. The summed E-state index contributed by atoms with van der Waals surface area (Å²) < 4.78 is 69.9. The predicted octanol–water partition coefficient (Wildman–Crippen LogP) is 7.73. The number of benzene rings is 2. The molecule has 1 saturated carbocycles. The molecule has 37 heavy (non-hydrogen) atoms. The molecule has 0 heterocycles. The fourth-order valence-corrected chi connectivity index (χ4v) is 5.79. The third-order valence-electron chi connectivity index (χ3n) is 7.40. The lowest BCUT2D eigenvalue weighted by molar-refractivity contribution is -0.138. The Bertz CT molecular complexity index is 992. The Kier molecular flexibility index (Phi) is 11.6. The maximum Gasteiger partial charge on any atom is 0.416 e. The Morgan fingerprint density at radius 3 is 2.38 bits per heavy atom. The van der Waals surface area contributed by atoms with Crippen molar-refractivity contribution >= 4 is 8.25 Å². The summed E-state index contributed by atoms with van der Waals surface area (Å²) in [7, 11) is -2.95. The van der Waals surface area contributed by atoms with Crippen LogP contribution in [0.4, 0.5) is 17.6 Å². The predicted molar refractivity (Wildman–Crippen MR) is 138 cm³/mol. The molecule has 9 heteroatoms. The van der Waals surface area contributed by atoms with Crippen LogP contribution in [0.5, 0.6) is 0 Å². The first kappa shape index (κ1) is 29.8. The summed E-state index contributed by atoms with van der Waals surface area (Å²) in [6, 6.07) is 11.4. The van der Waals surface area contributed by atoms with Gasteiger partial charge in [-0.2, -0.15) is 13.2 Å². The molecule has 1 atom stereocenters. The van der Waals surface area contributed by atoms with Crippen molar-refractivity contribution in [1.82, 2.24) is 5.32 Å². The van der Waals surface area contributed by atoms with Crippen LogP contribution in [-0.2, 0) is 33.6 Å². The third-order valence-corrected chi connectivity index (χ3v) is 7.85. The first-order valence-corrected chi connectivity index (χ1v) is 14.5. The van der Waals surface area contributed by atoms with Gasteiger partial charge < -0.3 is 14.7 Å². The van der Waals surface area contributed by atoms with Gasteiger partial charge in [0.25, 0.3) is 0 Å². The minimum Gasteiger partial charge on any atom is -0.326 e. The molecule has 0 amide bonds. The van der Waals surface area contributed by atoms with E-state index in [0.717, 1.165) is 44.9 Å². The zero-order chi connectivity index (χ0) is 26.7. The van der Waals surface area contributed by atoms with Gasteiger partial charge in [0.1, 0.15) is 5.82 Å². The van der Waals surface area contributed by atoms with Gasteiger partial charge in [0.15, 0.2) is 0 Å². The van der Waals surface area contributed by atoms with E-state index in [1.54, 1.807) is 12.1 Å². The van der Waals surface area contributed by atoms with E-state index in [1.165, 1.54) is 30.2 Å². The van der Waals surface area contributed by atoms with E-state index < -0.39 is 20.0 Å². The van der Waals surface area contributed by atoms with E-state index >= 15 is 0 Å². The van der Waals surface area contributed by atoms with Gasteiger partial charge in [-0.15, -0.1) is 0 Å². The van der Waals surface area contributed by atoms with Gasteiger partial charge in [-0.25, -0.2) is 4.39 Å². The van der Waals surface area contributed by atoms with E-state index in [9.17, 15) is 22.1 Å². The zero-order valence-electron chi connectivity index (χ0n) is 21.2. The first-order chi connectivity index (χ1) is 17.7. The topological polar surface area (TPSA) is 58.6 Å². The molecule has 0 spiro atoms. The standard InChI is InChI=1S/C28H38F4NO3P/c29-25-13-11-24(12-14-25)27(16-5-2-6-17-27)15-4-1-3-8-23-10-9-22(20-26(23)28(30,31)32)21-33-18-7-19-36-37(34)35/h9-14,20,33,37H,1-8,15-19,21H2,(H,34,35). The van der Waals surface area contributed by atoms with Crippen LogP contribution in [0, 0.1) is 5.82 Å². The van der Waals surface area contributed by atoms with Crippen LogP contribution in [-0.4, -0.2) is 18.0 Å². The van der Waals surface area contributed by atoms with Gasteiger partial charge in [-0.05, 0) is 85.4 Å². The van der Waals surface area contributed by atoms with Crippen molar-refractivity contribution in [1.29, 1.82) is 0 Å². The van der Waals surface area contributed by atoms with Crippen molar-refractivity contribution in [2.75, 3.05) is 13.2 Å². The fourth-order valence-electron chi connectivity index (χ4n) is 5.48. The maximum absolute atomic E-state index is 13.8. The number of halogens is 4. The van der Waals surface area contributed by atoms with E-state index in [0.29, 0.717) is 36.9 Å². The summed E-state index contributed by atoms with van der Waals surface area (Å²) in [6.07, 6.45) is 5.62. The van der Waals surface area contributed by atoms with Crippen LogP contribution in [0.15, 0.2) is 42.5 Å². The smallest absolute Gasteiger partial charge is 0.326 e. The number of hydrogen-bond acceptors (Lipinski definition) is 3. The Labute approximate surface area is 217 Å². The fraction of sp³-hybridized carbons (Fsp3) is 0.571. The maximum atomic E-state index is 13.8. The zero-order valence-corrected chi connectivity index (χ0v) is 22.2. The monoisotopic (exact) mass is 543 g/mol. The second-order valence-corrected chi connectivity index (χ2v) is 10.9. The minimum atomic E-state index is -4.42. The van der Waals surface area contributed by atoms with Crippen molar-refractivity contribution in [2.24, 2.45) is 0 Å². The normalized spacial score (nSPS) is 16.6. The van der Waals surface area contributed by atoms with Crippen LogP contribution in [0.2, 0.25) is 0 Å². The highest BCUT2D eigenvalue weighted by atomic mass is 31.1. The summed E-state index contributed by atoms with van der Waals surface area (Å²) in [5, 5.41) is 3.04. The lowest BCUT2D eigenvalue weighted by Crippen LogP contribution is -2.29. The first-order valence-electron chi connectivity index (χ1n) is 13.2. The van der Waals surface area contributed by atoms with Crippen molar-refractivity contribution in [3.63, 3.8) is 0 Å². The average molecular weight is 544 g/mol. The second kappa shape index (κ2) is 14.4. The number of unbranched alkanes of at least 4 members (excludes halogenated alkanes) is 2. The molecule has 2 N–H and O–H groups in total. The lowest BCUT2D eigenvalue weighted by Gasteiger charge is -2.38. The highest BCUT2D eigenvalue weighted by Gasteiger charge is 2.34. The van der Waals surface area contributed by atoms with E-state index in [-0.39, 0.29) is 24.4 Å². The quantitative estimate of drug-likeness (QED) is 0.145. The second-order valence-electron chi connectivity index (χ2n) is 10.0. The van der Waals surface area contributed by atoms with Crippen LogP contribution in [0.3, 0.4) is 0 Å². The molecular weight excluding hydrogens is 505 g/mol. The highest BCUT2D eigenvalue weighted by molar-refractivity contribution is 7.32. The summed E-state index contributed by atoms with van der Waals surface area (Å²) in [6.45, 7) is 0.875. The summed E-state index contributed by atoms with van der Waals surface area (Å²) in [5.74, 6) is -0.232. The Hall–Kier alpha value is -1.73. The molecular formula is C28H38F4NO3P. The number of hydrogen-bond donors (Lipinski definition) is 2. The van der Waals surface area contributed by atoms with Crippen LogP contribution >= 0.6 is 8.25 Å². The van der Waals surface area contributed by atoms with Gasteiger partial charge in [-0.1, -0.05) is 56.4 Å². The number of alkyl halides is 3. The lowest BCUT2D eigenvalue weighted by atomic mass is 9.66. The molecule has 1 aliphatic carbocycles. The van der Waals surface area contributed by atoms with E-state index in [1.807, 2.05) is 12.1 Å². The van der Waals surface area contributed by atoms with Crippen molar-refractivity contribution in [3.05, 3.63) is 70.5 Å². The Morgan fingerprint density at radius 2 is 1.70 bits per heavy atom. The van der Waals surface area contributed by atoms with Gasteiger partial charge in [-0.3, -0.25) is 4.57 Å². The molecule has 206 valence electrons. The Balaban J connectivity index is 1.51. The van der Waals surface area contributed by atoms with Gasteiger partial charge in [0.05, 0.1) is 12.2 Å². The van der Waals surface area contributed by atoms with E-state index in [4.69, 9.17) is 4.89 Å². The summed E-state index contributed by atoms with van der Waals surface area (Å²) >= 11 is 0. The molecule has 1 aliphatic rings. The molecule has 0 saturated heterocycles. The SMILES string of the molecule is O=[PH](O)OCCCNCc1ccc(CCCCCC2(c3ccc(F)cc3)CCCCC2)c(C(F)(F)F)c1. The van der Waals surface area contributed by atoms with Crippen molar-refractivity contribution in [3.8, 4) is 0 Å². The molecule has 2 aromatic carbocycles. The Morgan fingerprint density at radius 1 is 0.973 bits per heavy atom. The van der Waals surface area contributed by atoms with Gasteiger partial charge in [0.2, 0.25) is 0 Å². The van der Waals surface area contributed by atoms with Crippen molar-refractivity contribution < 1.29 is 31.5 Å². The van der Waals surface area contributed by atoms with Crippen LogP contribution in [0.1, 0.15) is 86.5 Å². The largest absolute Gasteiger partial charge is 0.416 e. The molecule has 1 fully saturated rings.